The Kier molecular flexibility index (Phi) is 5.15. The maximum atomic E-state index is 12.3. The van der Waals surface area contributed by atoms with Crippen LogP contribution in [0.1, 0.15) is 0 Å². The molecule has 0 saturated heterocycles. The molecule has 0 aromatic rings. The van der Waals surface area contributed by atoms with Gasteiger partial charge in [-0.25, -0.2) is 0 Å². The minimum atomic E-state index is -3.58. The molecule has 0 aliphatic heterocycles. The first-order chi connectivity index (χ1) is 6.77. The number of hydrogen-bond donors (Lipinski definition) is 0. The van der Waals surface area contributed by atoms with E-state index in [4.69, 9.17) is 5.26 Å². The number of carbonyl (C=O) groups excluding carboxylic acids is 1. The van der Waals surface area contributed by atoms with Crippen LogP contribution in [0, 0.1) is 11.3 Å². The Labute approximate surface area is 94.8 Å². The lowest BCUT2D eigenvalue weighted by Gasteiger charge is -2.04. The lowest BCUT2D eigenvalue weighted by molar-refractivity contribution is -0.126. The molecule has 0 N–H and O–H groups in total. The van der Waals surface area contributed by atoms with Crippen LogP contribution < -0.4 is 0 Å². The molecule has 0 aromatic carbocycles. The number of ketones is 1. The summed E-state index contributed by atoms with van der Waals surface area (Å²) in [7, 11) is 3.35. The number of hydrogen-bond acceptors (Lipinski definition) is 3. The largest absolute Gasteiger partial charge is 0.382 e. The lowest BCUT2D eigenvalue weighted by Crippen LogP contribution is -2.17. The van der Waals surface area contributed by atoms with Crippen LogP contribution in [-0.2, 0) is 4.79 Å². The van der Waals surface area contributed by atoms with Gasteiger partial charge in [-0.2, -0.15) is 14.0 Å². The van der Waals surface area contributed by atoms with Gasteiger partial charge in [-0.15, -0.1) is 0 Å². The van der Waals surface area contributed by atoms with Crippen LogP contribution in [0.15, 0.2) is 23.9 Å². The fourth-order valence-electron chi connectivity index (χ4n) is 0.647. The molecule has 0 unspecified atom stereocenters. The van der Waals surface area contributed by atoms with Gasteiger partial charge in [0.15, 0.2) is 0 Å². The molecule has 0 radical (unpaired) electrons. The van der Waals surface area contributed by atoms with E-state index >= 15 is 0 Å². The van der Waals surface area contributed by atoms with Crippen molar-refractivity contribution < 1.29 is 13.6 Å². The van der Waals surface area contributed by atoms with E-state index in [9.17, 15) is 13.6 Å². The van der Waals surface area contributed by atoms with Gasteiger partial charge in [0.25, 0.3) is 0 Å². The highest BCUT2D eigenvalue weighted by molar-refractivity contribution is 9.10. The molecule has 3 nitrogen and oxygen atoms in total. The molecule has 0 spiro atoms. The Morgan fingerprint density at radius 2 is 2.00 bits per heavy atom. The lowest BCUT2D eigenvalue weighted by atomic mass is 10.2. The van der Waals surface area contributed by atoms with Crippen LogP contribution in [-0.4, -0.2) is 29.6 Å². The monoisotopic (exact) mass is 278 g/mol. The zero-order valence-corrected chi connectivity index (χ0v) is 9.75. The third-order valence-electron chi connectivity index (χ3n) is 1.22. The van der Waals surface area contributed by atoms with E-state index in [1.807, 2.05) is 15.9 Å². The van der Waals surface area contributed by atoms with Crippen LogP contribution in [0.5, 0.6) is 0 Å². The number of nitriles is 1. The zero-order valence-electron chi connectivity index (χ0n) is 8.17. The van der Waals surface area contributed by atoms with Gasteiger partial charge in [-0.1, -0.05) is 0 Å². The van der Waals surface area contributed by atoms with Crippen molar-refractivity contribution in [1.82, 2.24) is 4.90 Å². The van der Waals surface area contributed by atoms with Gasteiger partial charge in [0, 0.05) is 20.3 Å². The van der Waals surface area contributed by atoms with Crippen molar-refractivity contribution in [2.24, 2.45) is 0 Å². The molecule has 82 valence electrons. The third kappa shape index (κ3) is 5.96. The van der Waals surface area contributed by atoms with Crippen molar-refractivity contribution in [2.45, 2.75) is 4.83 Å². The van der Waals surface area contributed by atoms with E-state index in [0.717, 1.165) is 6.08 Å². The van der Waals surface area contributed by atoms with Crippen LogP contribution in [0.4, 0.5) is 8.78 Å². The van der Waals surface area contributed by atoms with Crippen LogP contribution in [0.25, 0.3) is 0 Å². The van der Waals surface area contributed by atoms with Gasteiger partial charge in [0.1, 0.15) is 6.07 Å². The van der Waals surface area contributed by atoms with E-state index in [1.54, 1.807) is 25.1 Å². The molecular weight excluding hydrogens is 270 g/mol. The Morgan fingerprint density at radius 3 is 2.33 bits per heavy atom. The van der Waals surface area contributed by atoms with Crippen molar-refractivity contribution in [3.05, 3.63) is 23.9 Å². The van der Waals surface area contributed by atoms with Crippen molar-refractivity contribution in [2.75, 3.05) is 14.1 Å². The van der Waals surface area contributed by atoms with Crippen LogP contribution in [0.3, 0.4) is 0 Å². The molecule has 0 fully saturated rings. The van der Waals surface area contributed by atoms with Crippen LogP contribution >= 0.6 is 15.9 Å². The second-order valence-corrected chi connectivity index (χ2v) is 3.85. The van der Waals surface area contributed by atoms with Crippen molar-refractivity contribution in [3.8, 4) is 6.07 Å². The van der Waals surface area contributed by atoms with Gasteiger partial charge < -0.3 is 4.90 Å². The second-order valence-electron chi connectivity index (χ2n) is 2.86. The molecular formula is C9H9BrF2N2O. The minimum Gasteiger partial charge on any atom is -0.382 e. The molecule has 0 saturated carbocycles. The zero-order chi connectivity index (χ0) is 12.1. The molecule has 6 heteroatoms. The number of alkyl halides is 3. The van der Waals surface area contributed by atoms with E-state index < -0.39 is 10.6 Å². The summed E-state index contributed by atoms with van der Waals surface area (Å²) < 4.78 is 24.7. The third-order valence-corrected chi connectivity index (χ3v) is 1.61. The average molecular weight is 279 g/mol. The minimum absolute atomic E-state index is 0.116. The Bertz CT molecular complexity index is 337. The van der Waals surface area contributed by atoms with Crippen molar-refractivity contribution in [1.29, 1.82) is 5.26 Å². The molecule has 0 aliphatic carbocycles. The van der Waals surface area contributed by atoms with Gasteiger partial charge in [0.2, 0.25) is 5.78 Å². The first-order valence-electron chi connectivity index (χ1n) is 3.85. The summed E-state index contributed by atoms with van der Waals surface area (Å²) in [6.07, 6.45) is 3.11. The molecule has 0 bridgehead atoms. The summed E-state index contributed by atoms with van der Waals surface area (Å²) in [6.45, 7) is 0. The standard InChI is InChI=1S/C9H9BrF2N2O/c1-14(2)6-7(5-13)3-4-8(15)9(10,11)12/h3-4,6H,1-2H3/b4-3+,7-6-. The topological polar surface area (TPSA) is 44.1 Å². The van der Waals surface area contributed by atoms with E-state index in [0.29, 0.717) is 6.08 Å². The van der Waals surface area contributed by atoms with Gasteiger partial charge in [-0.05, 0) is 28.1 Å². The second kappa shape index (κ2) is 5.61. The average Bonchev–Trinajstić information content (AvgIpc) is 2.09. The van der Waals surface area contributed by atoms with Gasteiger partial charge >= 0.3 is 4.83 Å². The summed E-state index contributed by atoms with van der Waals surface area (Å²) >= 11 is 1.92. The molecule has 0 amide bonds. The van der Waals surface area contributed by atoms with Crippen molar-refractivity contribution >= 4 is 21.7 Å². The highest BCUT2D eigenvalue weighted by Crippen LogP contribution is 2.23. The van der Waals surface area contributed by atoms with Crippen molar-refractivity contribution in [3.63, 3.8) is 0 Å². The van der Waals surface area contributed by atoms with Gasteiger partial charge in [0.05, 0.1) is 5.57 Å². The fraction of sp³-hybridized carbons (Fsp3) is 0.333. The number of halogens is 3. The normalized spacial score (nSPS) is 12.7. The molecule has 0 aromatic heterocycles. The van der Waals surface area contributed by atoms with E-state index in [1.165, 1.54) is 6.20 Å². The summed E-state index contributed by atoms with van der Waals surface area (Å²) in [5, 5.41) is 8.58. The smallest absolute Gasteiger partial charge is 0.362 e. The number of carbonyl (C=O) groups is 1. The van der Waals surface area contributed by atoms with Gasteiger partial charge in [-0.3, -0.25) is 4.79 Å². The number of allylic oxidation sites excluding steroid dienone is 3. The maximum absolute atomic E-state index is 12.3. The quantitative estimate of drug-likeness (QED) is 0.342. The summed E-state index contributed by atoms with van der Waals surface area (Å²) in [6, 6.07) is 1.76. The predicted octanol–water partition coefficient (Wildman–Crippen LogP) is 2.07. The molecule has 15 heavy (non-hydrogen) atoms. The first kappa shape index (κ1) is 13.8. The summed E-state index contributed by atoms with van der Waals surface area (Å²) in [4.78, 5) is 8.72. The molecule has 0 rings (SSSR count). The Balaban J connectivity index is 4.67. The number of nitrogens with zero attached hydrogens (tertiary/aromatic N) is 2. The molecule has 0 atom stereocenters. The number of rotatable bonds is 4. The fourth-order valence-corrected chi connectivity index (χ4v) is 0.779. The highest BCUT2D eigenvalue weighted by atomic mass is 79.9. The molecule has 0 aliphatic rings. The predicted molar refractivity (Wildman–Crippen MR) is 55.4 cm³/mol. The highest BCUT2D eigenvalue weighted by Gasteiger charge is 2.32. The SMILES string of the molecule is CN(C)/C=C(C#N)/C=C/C(=O)C(F)(F)Br. The summed E-state index contributed by atoms with van der Waals surface area (Å²) in [5.41, 5.74) is 0.116. The Hall–Kier alpha value is -1.22. The maximum Gasteiger partial charge on any atom is 0.362 e. The molecule has 0 heterocycles. The first-order valence-corrected chi connectivity index (χ1v) is 4.64. The van der Waals surface area contributed by atoms with E-state index in [2.05, 4.69) is 0 Å². The Morgan fingerprint density at radius 1 is 1.47 bits per heavy atom. The van der Waals surface area contributed by atoms with E-state index in [-0.39, 0.29) is 5.57 Å². The summed E-state index contributed by atoms with van der Waals surface area (Å²) in [5.74, 6) is -1.40. The van der Waals surface area contributed by atoms with Crippen LogP contribution in [0.2, 0.25) is 0 Å².